The fourth-order valence-electron chi connectivity index (χ4n) is 2.10. The van der Waals surface area contributed by atoms with Crippen LogP contribution >= 0.6 is 23.2 Å². The molecule has 0 aliphatic rings. The molecule has 144 valence electrons. The first kappa shape index (κ1) is 21.1. The van der Waals surface area contributed by atoms with Crippen molar-refractivity contribution in [2.45, 2.75) is 39.4 Å². The lowest BCUT2D eigenvalue weighted by Gasteiger charge is -2.17. The normalized spacial score (nSPS) is 12.8. The smallest absolute Gasteiger partial charge is 0.347 e. The van der Waals surface area contributed by atoms with Crippen LogP contribution in [0.1, 0.15) is 37.6 Å². The highest BCUT2D eigenvalue weighted by molar-refractivity contribution is 6.35. The summed E-state index contributed by atoms with van der Waals surface area (Å²) in [6.07, 6.45) is -0.171. The van der Waals surface area contributed by atoms with E-state index in [1.807, 2.05) is 13.8 Å². The zero-order chi connectivity index (χ0) is 20.0. The Balaban J connectivity index is 1.99. The lowest BCUT2D eigenvalue weighted by Crippen LogP contribution is -2.29. The number of carbonyl (C=O) groups excluding carboxylic acids is 2. The van der Waals surface area contributed by atoms with Crippen LogP contribution in [0.25, 0.3) is 0 Å². The number of benzene rings is 2. The van der Waals surface area contributed by atoms with Crippen molar-refractivity contribution < 1.29 is 19.1 Å². The minimum Gasteiger partial charge on any atom is -0.479 e. The predicted octanol–water partition coefficient (Wildman–Crippen LogP) is 5.35. The van der Waals surface area contributed by atoms with Gasteiger partial charge in [0, 0.05) is 10.6 Å². The molecule has 0 aromatic heterocycles. The molecule has 0 spiro atoms. The third-order valence-electron chi connectivity index (χ3n) is 3.83. The summed E-state index contributed by atoms with van der Waals surface area (Å²) >= 11 is 12.0. The average Bonchev–Trinajstić information content (AvgIpc) is 2.65. The second kappa shape index (κ2) is 9.62. The van der Waals surface area contributed by atoms with E-state index in [1.54, 1.807) is 49.4 Å². The zero-order valence-corrected chi connectivity index (χ0v) is 16.8. The van der Waals surface area contributed by atoms with Gasteiger partial charge in [-0.2, -0.15) is 0 Å². The van der Waals surface area contributed by atoms with Gasteiger partial charge in [0.2, 0.25) is 0 Å². The quantitative estimate of drug-likeness (QED) is 0.625. The van der Waals surface area contributed by atoms with Crippen LogP contribution in [0.2, 0.25) is 10.0 Å². The molecule has 0 unspecified atom stereocenters. The summed E-state index contributed by atoms with van der Waals surface area (Å²) in [5, 5.41) is 3.56. The molecule has 0 aliphatic carbocycles. The Morgan fingerprint density at radius 3 is 2.37 bits per heavy atom. The van der Waals surface area contributed by atoms with Gasteiger partial charge in [0.15, 0.2) is 6.10 Å². The Kier molecular flexibility index (Phi) is 7.51. The van der Waals surface area contributed by atoms with Crippen molar-refractivity contribution >= 4 is 40.8 Å². The second-order valence-corrected chi connectivity index (χ2v) is 6.86. The van der Waals surface area contributed by atoms with Gasteiger partial charge in [-0.15, -0.1) is 0 Å². The van der Waals surface area contributed by atoms with Crippen molar-refractivity contribution in [2.75, 3.05) is 5.32 Å². The highest BCUT2D eigenvalue weighted by Gasteiger charge is 2.18. The molecule has 2 aromatic carbocycles. The molecule has 0 saturated carbocycles. The van der Waals surface area contributed by atoms with Crippen LogP contribution in [0.5, 0.6) is 5.75 Å². The molecular formula is C20H21Cl2NO4. The van der Waals surface area contributed by atoms with E-state index >= 15 is 0 Å². The number of esters is 1. The summed E-state index contributed by atoms with van der Waals surface area (Å²) in [7, 11) is 0. The lowest BCUT2D eigenvalue weighted by molar-refractivity contribution is -0.155. The number of ether oxygens (including phenoxy) is 2. The number of anilines is 1. The van der Waals surface area contributed by atoms with E-state index in [-0.39, 0.29) is 12.0 Å². The summed E-state index contributed by atoms with van der Waals surface area (Å²) in [6, 6.07) is 11.2. The first-order valence-corrected chi connectivity index (χ1v) is 9.29. The molecule has 0 saturated heterocycles. The van der Waals surface area contributed by atoms with E-state index in [0.717, 1.165) is 6.42 Å². The van der Waals surface area contributed by atoms with Crippen LogP contribution in [0.4, 0.5) is 5.69 Å². The van der Waals surface area contributed by atoms with Gasteiger partial charge in [0.25, 0.3) is 5.91 Å². The summed E-state index contributed by atoms with van der Waals surface area (Å²) in [6.45, 7) is 5.38. The largest absolute Gasteiger partial charge is 0.479 e. The average molecular weight is 410 g/mol. The van der Waals surface area contributed by atoms with E-state index in [0.29, 0.717) is 27.0 Å². The van der Waals surface area contributed by atoms with Gasteiger partial charge >= 0.3 is 5.97 Å². The molecular weight excluding hydrogens is 389 g/mol. The van der Waals surface area contributed by atoms with E-state index in [1.165, 1.54) is 0 Å². The molecule has 2 rings (SSSR count). The maximum atomic E-state index is 12.3. The SMILES string of the molecule is CC[C@@H](C)OC(=O)[C@H](C)Oc1ccc(C(=O)Nc2cc(Cl)ccc2Cl)cc1. The van der Waals surface area contributed by atoms with Crippen molar-refractivity contribution in [3.05, 3.63) is 58.1 Å². The third-order valence-corrected chi connectivity index (χ3v) is 4.39. The number of carbonyl (C=O) groups is 2. The minimum atomic E-state index is -0.746. The Morgan fingerprint density at radius 1 is 1.07 bits per heavy atom. The van der Waals surface area contributed by atoms with Crippen molar-refractivity contribution in [3.8, 4) is 5.75 Å². The molecule has 1 amide bonds. The van der Waals surface area contributed by atoms with Crippen molar-refractivity contribution in [3.63, 3.8) is 0 Å². The van der Waals surface area contributed by atoms with Gasteiger partial charge in [-0.1, -0.05) is 30.1 Å². The van der Waals surface area contributed by atoms with E-state index < -0.39 is 12.1 Å². The van der Waals surface area contributed by atoms with Crippen molar-refractivity contribution in [1.29, 1.82) is 0 Å². The monoisotopic (exact) mass is 409 g/mol. The third kappa shape index (κ3) is 6.15. The van der Waals surface area contributed by atoms with Crippen LogP contribution < -0.4 is 10.1 Å². The summed E-state index contributed by atoms with van der Waals surface area (Å²) in [5.74, 6) is -0.308. The molecule has 27 heavy (non-hydrogen) atoms. The van der Waals surface area contributed by atoms with E-state index in [9.17, 15) is 9.59 Å². The number of nitrogens with one attached hydrogen (secondary N) is 1. The molecule has 0 aliphatic heterocycles. The topological polar surface area (TPSA) is 64.6 Å². The van der Waals surface area contributed by atoms with E-state index in [2.05, 4.69) is 5.32 Å². The Morgan fingerprint density at radius 2 is 1.74 bits per heavy atom. The highest BCUT2D eigenvalue weighted by Crippen LogP contribution is 2.26. The molecule has 2 atom stereocenters. The van der Waals surface area contributed by atoms with Crippen LogP contribution in [-0.4, -0.2) is 24.1 Å². The Bertz CT molecular complexity index is 808. The summed E-state index contributed by atoms with van der Waals surface area (Å²) in [4.78, 5) is 24.3. The fraction of sp³-hybridized carbons (Fsp3) is 0.300. The van der Waals surface area contributed by atoms with Crippen LogP contribution in [0.15, 0.2) is 42.5 Å². The molecule has 0 fully saturated rings. The maximum Gasteiger partial charge on any atom is 0.347 e. The second-order valence-electron chi connectivity index (χ2n) is 6.02. The highest BCUT2D eigenvalue weighted by atomic mass is 35.5. The van der Waals surface area contributed by atoms with Crippen LogP contribution in [-0.2, 0) is 9.53 Å². The lowest BCUT2D eigenvalue weighted by atomic mass is 10.2. The maximum absolute atomic E-state index is 12.3. The fourth-order valence-corrected chi connectivity index (χ4v) is 2.44. The van der Waals surface area contributed by atoms with Gasteiger partial charge in [0.05, 0.1) is 16.8 Å². The first-order valence-electron chi connectivity index (χ1n) is 8.53. The Hall–Kier alpha value is -2.24. The van der Waals surface area contributed by atoms with Gasteiger partial charge in [-0.3, -0.25) is 4.79 Å². The zero-order valence-electron chi connectivity index (χ0n) is 15.3. The molecule has 5 nitrogen and oxygen atoms in total. The molecule has 0 radical (unpaired) electrons. The van der Waals surface area contributed by atoms with E-state index in [4.69, 9.17) is 32.7 Å². The number of hydrogen-bond donors (Lipinski definition) is 1. The minimum absolute atomic E-state index is 0.159. The van der Waals surface area contributed by atoms with Gasteiger partial charge in [-0.25, -0.2) is 4.79 Å². The number of rotatable bonds is 7. The van der Waals surface area contributed by atoms with Gasteiger partial charge < -0.3 is 14.8 Å². The molecule has 0 heterocycles. The van der Waals surface area contributed by atoms with Crippen molar-refractivity contribution in [2.24, 2.45) is 0 Å². The molecule has 0 bridgehead atoms. The van der Waals surface area contributed by atoms with Crippen LogP contribution in [0, 0.1) is 0 Å². The summed E-state index contributed by atoms with van der Waals surface area (Å²) in [5.41, 5.74) is 0.837. The molecule has 2 aromatic rings. The molecule has 7 heteroatoms. The van der Waals surface area contributed by atoms with Crippen LogP contribution in [0.3, 0.4) is 0 Å². The standard InChI is InChI=1S/C20H21Cl2NO4/c1-4-12(2)26-20(25)13(3)27-16-8-5-14(6-9-16)19(24)23-18-11-15(21)7-10-17(18)22/h5-13H,4H2,1-3H3,(H,23,24)/t12-,13+/m1/s1. The number of amides is 1. The molecule has 1 N–H and O–H groups in total. The predicted molar refractivity (Wildman–Crippen MR) is 107 cm³/mol. The summed E-state index contributed by atoms with van der Waals surface area (Å²) < 4.78 is 10.8. The Labute approximate surface area is 168 Å². The van der Waals surface area contributed by atoms with Crippen molar-refractivity contribution in [1.82, 2.24) is 0 Å². The van der Waals surface area contributed by atoms with Gasteiger partial charge in [0.1, 0.15) is 5.75 Å². The number of hydrogen-bond acceptors (Lipinski definition) is 4. The number of halogens is 2. The first-order chi connectivity index (χ1) is 12.8. The van der Waals surface area contributed by atoms with Gasteiger partial charge in [-0.05, 0) is 62.7 Å².